The largest absolute Gasteiger partial charge is 0.478 e. The summed E-state index contributed by atoms with van der Waals surface area (Å²) in [6, 6.07) is 1.77. The molecule has 1 aromatic heterocycles. The van der Waals surface area contributed by atoms with Crippen LogP contribution in [-0.2, 0) is 0 Å². The van der Waals surface area contributed by atoms with Crippen molar-refractivity contribution in [1.29, 1.82) is 0 Å². The van der Waals surface area contributed by atoms with Crippen molar-refractivity contribution in [1.82, 2.24) is 9.97 Å². The van der Waals surface area contributed by atoms with Crippen molar-refractivity contribution in [3.05, 3.63) is 17.6 Å². The lowest BCUT2D eigenvalue weighted by Crippen LogP contribution is -2.03. The van der Waals surface area contributed by atoms with Crippen molar-refractivity contribution in [2.75, 3.05) is 6.61 Å². The van der Waals surface area contributed by atoms with Crippen LogP contribution in [0.5, 0.6) is 5.88 Å². The number of aldehydes is 1. The van der Waals surface area contributed by atoms with Gasteiger partial charge in [0.2, 0.25) is 5.88 Å². The van der Waals surface area contributed by atoms with Gasteiger partial charge in [-0.1, -0.05) is 13.8 Å². The van der Waals surface area contributed by atoms with Crippen molar-refractivity contribution < 1.29 is 9.53 Å². The molecule has 0 saturated carbocycles. The quantitative estimate of drug-likeness (QED) is 0.686. The average Bonchev–Trinajstić information content (AvgIpc) is 2.17. The molecule has 0 amide bonds. The van der Waals surface area contributed by atoms with Crippen molar-refractivity contribution in [3.8, 4) is 5.88 Å². The Balaban J connectivity index is 3.06. The summed E-state index contributed by atoms with van der Waals surface area (Å²) in [6.07, 6.45) is 0.633. The first-order chi connectivity index (χ1) is 6.67. The molecule has 0 aliphatic carbocycles. The summed E-state index contributed by atoms with van der Waals surface area (Å²) < 4.78 is 5.23. The van der Waals surface area contributed by atoms with E-state index in [1.54, 1.807) is 6.07 Å². The molecule has 0 atom stereocenters. The third-order valence-electron chi connectivity index (χ3n) is 1.73. The highest BCUT2D eigenvalue weighted by Crippen LogP contribution is 2.16. The van der Waals surface area contributed by atoms with Gasteiger partial charge in [0, 0.05) is 6.07 Å². The molecule has 4 heteroatoms. The first-order valence-electron chi connectivity index (χ1n) is 4.64. The highest BCUT2D eigenvalue weighted by Gasteiger charge is 2.07. The van der Waals surface area contributed by atoms with E-state index in [0.29, 0.717) is 18.8 Å². The molecule has 1 rings (SSSR count). The smallest absolute Gasteiger partial charge is 0.217 e. The van der Waals surface area contributed by atoms with Crippen LogP contribution in [0.4, 0.5) is 0 Å². The van der Waals surface area contributed by atoms with E-state index in [4.69, 9.17) is 4.74 Å². The molecule has 0 unspecified atom stereocenters. The lowest BCUT2D eigenvalue weighted by atomic mass is 10.1. The zero-order chi connectivity index (χ0) is 10.6. The van der Waals surface area contributed by atoms with Crippen molar-refractivity contribution in [2.45, 2.75) is 26.7 Å². The minimum atomic E-state index is 0.180. The molecule has 1 heterocycles. The van der Waals surface area contributed by atoms with Gasteiger partial charge in [0.15, 0.2) is 12.1 Å². The van der Waals surface area contributed by atoms with E-state index < -0.39 is 0 Å². The Morgan fingerprint density at radius 1 is 1.50 bits per heavy atom. The van der Waals surface area contributed by atoms with E-state index in [0.717, 1.165) is 5.69 Å². The maximum atomic E-state index is 10.6. The molecule has 1 aromatic rings. The van der Waals surface area contributed by atoms with Gasteiger partial charge in [0.1, 0.15) is 0 Å². The fourth-order valence-electron chi connectivity index (χ4n) is 1.03. The molecular formula is C10H14N2O2. The van der Waals surface area contributed by atoms with Gasteiger partial charge in [-0.3, -0.25) is 4.79 Å². The van der Waals surface area contributed by atoms with Crippen LogP contribution < -0.4 is 4.74 Å². The van der Waals surface area contributed by atoms with Gasteiger partial charge < -0.3 is 4.74 Å². The Morgan fingerprint density at radius 3 is 2.71 bits per heavy atom. The molecule has 0 bridgehead atoms. The van der Waals surface area contributed by atoms with Gasteiger partial charge in [-0.2, -0.15) is 4.98 Å². The molecule has 0 saturated heterocycles. The van der Waals surface area contributed by atoms with E-state index in [2.05, 4.69) is 9.97 Å². The topological polar surface area (TPSA) is 52.1 Å². The third kappa shape index (κ3) is 2.52. The summed E-state index contributed by atoms with van der Waals surface area (Å²) in [7, 11) is 0. The molecule has 14 heavy (non-hydrogen) atoms. The summed E-state index contributed by atoms with van der Waals surface area (Å²) in [5, 5.41) is 0. The van der Waals surface area contributed by atoms with Crippen LogP contribution in [0.1, 0.15) is 43.0 Å². The molecule has 0 radical (unpaired) electrons. The van der Waals surface area contributed by atoms with Crippen LogP contribution in [-0.4, -0.2) is 22.9 Å². The Bertz CT molecular complexity index is 324. The van der Waals surface area contributed by atoms with Crippen LogP contribution in [0.2, 0.25) is 0 Å². The summed E-state index contributed by atoms with van der Waals surface area (Å²) in [6.45, 7) is 6.42. The van der Waals surface area contributed by atoms with E-state index in [1.165, 1.54) is 0 Å². The third-order valence-corrected chi connectivity index (χ3v) is 1.73. The van der Waals surface area contributed by atoms with Gasteiger partial charge >= 0.3 is 0 Å². The van der Waals surface area contributed by atoms with Gasteiger partial charge in [-0.15, -0.1) is 0 Å². The molecule has 0 aromatic carbocycles. The molecule has 0 aliphatic heterocycles. The summed E-state index contributed by atoms with van der Waals surface area (Å²) >= 11 is 0. The first kappa shape index (κ1) is 10.6. The van der Waals surface area contributed by atoms with Gasteiger partial charge in [-0.05, 0) is 12.8 Å². The number of carbonyl (C=O) groups excluding carboxylic acids is 1. The number of carbonyl (C=O) groups is 1. The van der Waals surface area contributed by atoms with Crippen LogP contribution in [0.15, 0.2) is 6.07 Å². The van der Waals surface area contributed by atoms with E-state index >= 15 is 0 Å². The summed E-state index contributed by atoms with van der Waals surface area (Å²) in [5.41, 5.74) is 0.825. The normalized spacial score (nSPS) is 10.3. The van der Waals surface area contributed by atoms with Gasteiger partial charge in [0.05, 0.1) is 12.3 Å². The van der Waals surface area contributed by atoms with Crippen LogP contribution in [0, 0.1) is 0 Å². The second-order valence-electron chi connectivity index (χ2n) is 3.19. The number of aromatic nitrogens is 2. The van der Waals surface area contributed by atoms with E-state index in [9.17, 15) is 4.79 Å². The predicted octanol–water partition coefficient (Wildman–Crippen LogP) is 1.81. The minimum absolute atomic E-state index is 0.180. The molecule has 0 spiro atoms. The maximum Gasteiger partial charge on any atom is 0.217 e. The number of hydrogen-bond donors (Lipinski definition) is 0. The van der Waals surface area contributed by atoms with Crippen molar-refractivity contribution in [2.24, 2.45) is 0 Å². The van der Waals surface area contributed by atoms with Crippen LogP contribution in [0.3, 0.4) is 0 Å². The van der Waals surface area contributed by atoms with Gasteiger partial charge in [-0.25, -0.2) is 4.98 Å². The lowest BCUT2D eigenvalue weighted by Gasteiger charge is -2.07. The average molecular weight is 194 g/mol. The second kappa shape index (κ2) is 4.69. The summed E-state index contributed by atoms with van der Waals surface area (Å²) in [4.78, 5) is 18.6. The highest BCUT2D eigenvalue weighted by atomic mass is 16.5. The Morgan fingerprint density at radius 2 is 2.21 bits per heavy atom. The SMILES string of the molecule is CCOc1cc(C(C)C)nc(C=O)n1. The molecule has 76 valence electrons. The summed E-state index contributed by atoms with van der Waals surface area (Å²) in [5.74, 6) is 0.906. The zero-order valence-electron chi connectivity index (χ0n) is 8.65. The molecule has 4 nitrogen and oxygen atoms in total. The highest BCUT2D eigenvalue weighted by molar-refractivity contribution is 5.69. The molecule has 0 fully saturated rings. The van der Waals surface area contributed by atoms with Gasteiger partial charge in [0.25, 0.3) is 0 Å². The second-order valence-corrected chi connectivity index (χ2v) is 3.19. The number of ether oxygens (including phenoxy) is 1. The number of hydrogen-bond acceptors (Lipinski definition) is 4. The fourth-order valence-corrected chi connectivity index (χ4v) is 1.03. The lowest BCUT2D eigenvalue weighted by molar-refractivity contribution is 0.111. The standard InChI is InChI=1S/C10H14N2O2/c1-4-14-10-5-8(7(2)3)11-9(6-13)12-10/h5-7H,4H2,1-3H3. The molecular weight excluding hydrogens is 180 g/mol. The molecule has 0 N–H and O–H groups in total. The maximum absolute atomic E-state index is 10.6. The van der Waals surface area contributed by atoms with E-state index in [1.807, 2.05) is 20.8 Å². The van der Waals surface area contributed by atoms with Crippen molar-refractivity contribution in [3.63, 3.8) is 0 Å². The molecule has 0 aliphatic rings. The fraction of sp³-hybridized carbons (Fsp3) is 0.500. The predicted molar refractivity (Wildman–Crippen MR) is 52.7 cm³/mol. The van der Waals surface area contributed by atoms with E-state index in [-0.39, 0.29) is 11.7 Å². The zero-order valence-corrected chi connectivity index (χ0v) is 8.65. The first-order valence-corrected chi connectivity index (χ1v) is 4.64. The Kier molecular flexibility index (Phi) is 3.56. The monoisotopic (exact) mass is 194 g/mol. The Hall–Kier alpha value is -1.45. The number of nitrogens with zero attached hydrogens (tertiary/aromatic N) is 2. The van der Waals surface area contributed by atoms with Crippen LogP contribution in [0.25, 0.3) is 0 Å². The van der Waals surface area contributed by atoms with Crippen LogP contribution >= 0.6 is 0 Å². The van der Waals surface area contributed by atoms with Crippen molar-refractivity contribution >= 4 is 6.29 Å². The number of rotatable bonds is 4. The minimum Gasteiger partial charge on any atom is -0.478 e. The Labute approximate surface area is 83.3 Å².